The second kappa shape index (κ2) is 8.67. The van der Waals surface area contributed by atoms with Crippen LogP contribution in [0.3, 0.4) is 0 Å². The molecular formula is C19H28ClN3O4S. The molecule has 1 aliphatic heterocycles. The van der Waals surface area contributed by atoms with Crippen molar-refractivity contribution in [3.63, 3.8) is 0 Å². The van der Waals surface area contributed by atoms with Crippen LogP contribution in [0, 0.1) is 17.8 Å². The van der Waals surface area contributed by atoms with Crippen LogP contribution in [-0.4, -0.2) is 51.0 Å². The Labute approximate surface area is 172 Å². The van der Waals surface area contributed by atoms with Crippen molar-refractivity contribution in [2.24, 2.45) is 23.5 Å². The van der Waals surface area contributed by atoms with Crippen molar-refractivity contribution in [3.05, 3.63) is 29.8 Å². The standard InChI is InChI=1S/C19H27N3O4S.ClH/c20-18-15-4-3-14(11-15)17(18)19(23)21-12-13-1-5-16(6-2-13)27(24,25)22-7-9-26-10-8-22;/h1-2,5-6,14-15,17-18H,3-4,7-12,20H2,(H,21,23);1H. The lowest BCUT2D eigenvalue weighted by Crippen LogP contribution is -2.45. The highest BCUT2D eigenvalue weighted by atomic mass is 35.5. The Bertz CT molecular complexity index is 794. The Morgan fingerprint density at radius 1 is 1.14 bits per heavy atom. The van der Waals surface area contributed by atoms with E-state index in [4.69, 9.17) is 10.5 Å². The quantitative estimate of drug-likeness (QED) is 0.730. The molecule has 1 saturated heterocycles. The van der Waals surface area contributed by atoms with Gasteiger partial charge in [-0.2, -0.15) is 4.31 Å². The highest BCUT2D eigenvalue weighted by molar-refractivity contribution is 7.89. The zero-order valence-corrected chi connectivity index (χ0v) is 17.4. The molecule has 9 heteroatoms. The van der Waals surface area contributed by atoms with E-state index in [9.17, 15) is 13.2 Å². The van der Waals surface area contributed by atoms with Gasteiger partial charge in [0, 0.05) is 25.7 Å². The van der Waals surface area contributed by atoms with Gasteiger partial charge < -0.3 is 15.8 Å². The number of hydrogen-bond donors (Lipinski definition) is 2. The van der Waals surface area contributed by atoms with E-state index in [0.717, 1.165) is 24.8 Å². The number of hydrogen-bond acceptors (Lipinski definition) is 5. The summed E-state index contributed by atoms with van der Waals surface area (Å²) in [4.78, 5) is 12.8. The summed E-state index contributed by atoms with van der Waals surface area (Å²) < 4.78 is 31.9. The average molecular weight is 430 g/mol. The molecule has 4 atom stereocenters. The molecule has 4 rings (SSSR count). The van der Waals surface area contributed by atoms with E-state index in [0.29, 0.717) is 44.7 Å². The van der Waals surface area contributed by atoms with Gasteiger partial charge in [-0.25, -0.2) is 8.42 Å². The van der Waals surface area contributed by atoms with Crippen LogP contribution in [0.25, 0.3) is 0 Å². The molecule has 2 saturated carbocycles. The third kappa shape index (κ3) is 4.07. The molecule has 1 heterocycles. The lowest BCUT2D eigenvalue weighted by Gasteiger charge is -2.27. The van der Waals surface area contributed by atoms with Crippen molar-refractivity contribution in [1.82, 2.24) is 9.62 Å². The fraction of sp³-hybridized carbons (Fsp3) is 0.632. The molecule has 1 aromatic carbocycles. The maximum Gasteiger partial charge on any atom is 0.243 e. The highest BCUT2D eigenvalue weighted by Gasteiger charge is 2.48. The Morgan fingerprint density at radius 2 is 1.79 bits per heavy atom. The number of carbonyl (C=O) groups excluding carboxylic acids is 1. The van der Waals surface area contributed by atoms with Crippen LogP contribution in [0.2, 0.25) is 0 Å². The highest BCUT2D eigenvalue weighted by Crippen LogP contribution is 2.47. The van der Waals surface area contributed by atoms with Crippen molar-refractivity contribution in [3.8, 4) is 0 Å². The number of rotatable bonds is 5. The van der Waals surface area contributed by atoms with Crippen LogP contribution >= 0.6 is 12.4 Å². The van der Waals surface area contributed by atoms with Gasteiger partial charge in [0.25, 0.3) is 0 Å². The summed E-state index contributed by atoms with van der Waals surface area (Å²) in [5, 5.41) is 2.98. The predicted molar refractivity (Wildman–Crippen MR) is 107 cm³/mol. The maximum absolute atomic E-state index is 12.6. The number of morpholine rings is 1. The fourth-order valence-corrected chi connectivity index (χ4v) is 6.16. The number of amides is 1. The first-order valence-electron chi connectivity index (χ1n) is 9.67. The molecule has 2 bridgehead atoms. The van der Waals surface area contributed by atoms with Gasteiger partial charge in [0.1, 0.15) is 0 Å². The van der Waals surface area contributed by atoms with Crippen molar-refractivity contribution in [1.29, 1.82) is 0 Å². The minimum atomic E-state index is -3.49. The van der Waals surface area contributed by atoms with E-state index in [1.807, 2.05) is 0 Å². The largest absolute Gasteiger partial charge is 0.379 e. The number of nitrogens with one attached hydrogen (secondary N) is 1. The molecule has 28 heavy (non-hydrogen) atoms. The molecule has 1 amide bonds. The van der Waals surface area contributed by atoms with Gasteiger partial charge >= 0.3 is 0 Å². The van der Waals surface area contributed by atoms with E-state index in [1.165, 1.54) is 4.31 Å². The summed E-state index contributed by atoms with van der Waals surface area (Å²) in [6, 6.07) is 6.71. The molecule has 0 radical (unpaired) electrons. The molecule has 3 N–H and O–H groups in total. The number of ether oxygens (including phenoxy) is 1. The van der Waals surface area contributed by atoms with Gasteiger partial charge in [-0.05, 0) is 48.8 Å². The van der Waals surface area contributed by atoms with Gasteiger partial charge in [-0.15, -0.1) is 12.4 Å². The van der Waals surface area contributed by atoms with Crippen LogP contribution in [0.1, 0.15) is 24.8 Å². The van der Waals surface area contributed by atoms with Crippen molar-refractivity contribution < 1.29 is 17.9 Å². The summed E-state index contributed by atoms with van der Waals surface area (Å²) in [7, 11) is -3.49. The maximum atomic E-state index is 12.6. The van der Waals surface area contributed by atoms with E-state index in [2.05, 4.69) is 5.32 Å². The number of benzene rings is 1. The third-order valence-electron chi connectivity index (χ3n) is 6.28. The summed E-state index contributed by atoms with van der Waals surface area (Å²) in [5.41, 5.74) is 7.11. The van der Waals surface area contributed by atoms with E-state index >= 15 is 0 Å². The molecule has 3 aliphatic rings. The van der Waals surface area contributed by atoms with Gasteiger partial charge in [-0.1, -0.05) is 12.1 Å². The number of nitrogens with two attached hydrogens (primary N) is 1. The summed E-state index contributed by atoms with van der Waals surface area (Å²) in [5.74, 6) is 0.867. The molecule has 3 fully saturated rings. The van der Waals surface area contributed by atoms with E-state index < -0.39 is 10.0 Å². The van der Waals surface area contributed by atoms with Crippen LogP contribution in [-0.2, 0) is 26.1 Å². The van der Waals surface area contributed by atoms with Gasteiger partial charge in [0.15, 0.2) is 0 Å². The van der Waals surface area contributed by atoms with Crippen LogP contribution in [0.15, 0.2) is 29.2 Å². The molecule has 4 unspecified atom stereocenters. The van der Waals surface area contributed by atoms with Gasteiger partial charge in [0.05, 0.1) is 24.0 Å². The van der Waals surface area contributed by atoms with Crippen molar-refractivity contribution >= 4 is 28.3 Å². The number of carbonyl (C=O) groups is 1. The number of nitrogens with zero attached hydrogens (tertiary/aromatic N) is 1. The molecular weight excluding hydrogens is 402 g/mol. The van der Waals surface area contributed by atoms with Gasteiger partial charge in [-0.3, -0.25) is 4.79 Å². The first-order chi connectivity index (χ1) is 13.0. The molecule has 0 spiro atoms. The third-order valence-corrected chi connectivity index (χ3v) is 8.19. The zero-order valence-electron chi connectivity index (χ0n) is 15.7. The van der Waals surface area contributed by atoms with E-state index in [-0.39, 0.29) is 35.2 Å². The molecule has 1 aromatic rings. The normalized spacial score (nSPS) is 30.0. The average Bonchev–Trinajstić information content (AvgIpc) is 3.28. The number of fused-ring (bicyclic) bond motifs is 2. The molecule has 0 aromatic heterocycles. The second-order valence-corrected chi connectivity index (χ2v) is 9.75. The fourth-order valence-electron chi connectivity index (χ4n) is 4.75. The smallest absolute Gasteiger partial charge is 0.243 e. The number of sulfonamides is 1. The monoisotopic (exact) mass is 429 g/mol. The minimum Gasteiger partial charge on any atom is -0.379 e. The topological polar surface area (TPSA) is 102 Å². The zero-order chi connectivity index (χ0) is 19.0. The van der Waals surface area contributed by atoms with Crippen LogP contribution in [0.5, 0.6) is 0 Å². The minimum absolute atomic E-state index is 0. The second-order valence-electron chi connectivity index (χ2n) is 7.81. The molecule has 156 valence electrons. The number of halogens is 1. The van der Waals surface area contributed by atoms with Crippen LogP contribution < -0.4 is 11.1 Å². The summed E-state index contributed by atoms with van der Waals surface area (Å²) >= 11 is 0. The first-order valence-corrected chi connectivity index (χ1v) is 11.1. The Hall–Kier alpha value is -1.19. The molecule has 2 aliphatic carbocycles. The first kappa shape index (κ1) is 21.5. The van der Waals surface area contributed by atoms with E-state index in [1.54, 1.807) is 24.3 Å². The van der Waals surface area contributed by atoms with Gasteiger partial charge in [0.2, 0.25) is 15.9 Å². The lowest BCUT2D eigenvalue weighted by atomic mass is 9.84. The lowest BCUT2D eigenvalue weighted by molar-refractivity contribution is -0.127. The summed E-state index contributed by atoms with van der Waals surface area (Å²) in [6.07, 6.45) is 3.33. The Morgan fingerprint density at radius 3 is 2.39 bits per heavy atom. The SMILES string of the molecule is Cl.NC1C2CCC(C2)C1C(=O)NCc1ccc(S(=O)(=O)N2CCOCC2)cc1. The Balaban J connectivity index is 0.00000225. The van der Waals surface area contributed by atoms with Crippen molar-refractivity contribution in [2.75, 3.05) is 26.3 Å². The summed E-state index contributed by atoms with van der Waals surface area (Å²) in [6.45, 7) is 1.99. The Kier molecular flexibility index (Phi) is 6.66. The van der Waals surface area contributed by atoms with Crippen LogP contribution in [0.4, 0.5) is 0 Å². The van der Waals surface area contributed by atoms with Crippen molar-refractivity contribution in [2.45, 2.75) is 36.7 Å². The predicted octanol–water partition coefficient (Wildman–Crippen LogP) is 1.12. The molecule has 7 nitrogen and oxygen atoms in total.